The predicted octanol–water partition coefficient (Wildman–Crippen LogP) is 4.29. The molecular weight excluding hydrogens is 290 g/mol. The molecule has 2 nitrogen and oxygen atoms in total. The number of halogens is 6. The van der Waals surface area contributed by atoms with E-state index in [2.05, 4.69) is 4.74 Å². The van der Waals surface area contributed by atoms with Crippen LogP contribution in [0.15, 0.2) is 18.2 Å². The molecule has 1 aromatic carbocycles. The maximum Gasteiger partial charge on any atom is 0.417 e. The number of ether oxygens (including phenoxy) is 1. The fraction of sp³-hybridized carbons (Fsp3) is 0.417. The summed E-state index contributed by atoms with van der Waals surface area (Å²) >= 11 is 0. The molecule has 8 heteroatoms. The summed E-state index contributed by atoms with van der Waals surface area (Å²) in [7, 11) is 0. The Morgan fingerprint density at radius 2 is 1.50 bits per heavy atom. The van der Waals surface area contributed by atoms with E-state index in [1.807, 2.05) is 0 Å². The Morgan fingerprint density at radius 1 is 1.05 bits per heavy atom. The van der Waals surface area contributed by atoms with Crippen molar-refractivity contribution in [2.45, 2.75) is 25.7 Å². The topological polar surface area (TPSA) is 26.3 Å². The summed E-state index contributed by atoms with van der Waals surface area (Å²) in [4.78, 5) is 11.5. The first-order valence-electron chi connectivity index (χ1n) is 5.53. The Morgan fingerprint density at radius 3 is 1.85 bits per heavy atom. The molecule has 0 aliphatic carbocycles. The maximum atomic E-state index is 12.7. The predicted molar refractivity (Wildman–Crippen MR) is 57.0 cm³/mol. The van der Waals surface area contributed by atoms with Crippen LogP contribution in [0.5, 0.6) is 0 Å². The lowest BCUT2D eigenvalue weighted by Crippen LogP contribution is -2.21. The molecule has 0 amide bonds. The lowest BCUT2D eigenvalue weighted by atomic mass is 10.00. The first-order chi connectivity index (χ1) is 9.09. The van der Waals surface area contributed by atoms with Crippen LogP contribution in [0.4, 0.5) is 26.3 Å². The molecule has 0 spiro atoms. The maximum absolute atomic E-state index is 12.7. The van der Waals surface area contributed by atoms with Crippen LogP contribution in [-0.4, -0.2) is 12.6 Å². The molecule has 20 heavy (non-hydrogen) atoms. The zero-order chi connectivity index (χ0) is 15.6. The van der Waals surface area contributed by atoms with Crippen molar-refractivity contribution in [3.8, 4) is 0 Å². The molecule has 0 aliphatic heterocycles. The minimum Gasteiger partial charge on any atom is -0.462 e. The Balaban J connectivity index is 3.45. The smallest absolute Gasteiger partial charge is 0.417 e. The second-order valence-electron chi connectivity index (χ2n) is 3.86. The Bertz CT molecular complexity index is 457. The van der Waals surface area contributed by atoms with Crippen LogP contribution in [0.1, 0.15) is 34.8 Å². The van der Waals surface area contributed by atoms with Gasteiger partial charge in [0.25, 0.3) is 0 Å². The quantitative estimate of drug-likeness (QED) is 0.615. The van der Waals surface area contributed by atoms with Crippen molar-refractivity contribution >= 4 is 5.97 Å². The second kappa shape index (κ2) is 5.72. The highest BCUT2D eigenvalue weighted by Crippen LogP contribution is 2.39. The van der Waals surface area contributed by atoms with Crippen LogP contribution >= 0.6 is 0 Å². The second-order valence-corrected chi connectivity index (χ2v) is 3.86. The lowest BCUT2D eigenvalue weighted by molar-refractivity contribution is -0.144. The fourth-order valence-corrected chi connectivity index (χ4v) is 1.51. The zero-order valence-electron chi connectivity index (χ0n) is 10.2. The molecule has 112 valence electrons. The van der Waals surface area contributed by atoms with E-state index in [0.717, 1.165) is 0 Å². The highest BCUT2D eigenvalue weighted by Gasteiger charge is 2.43. The highest BCUT2D eigenvalue weighted by atomic mass is 19.4. The molecule has 1 rings (SSSR count). The zero-order valence-corrected chi connectivity index (χ0v) is 10.2. The summed E-state index contributed by atoms with van der Waals surface area (Å²) in [5.41, 5.74) is -4.82. The van der Waals surface area contributed by atoms with Crippen molar-refractivity contribution < 1.29 is 35.9 Å². The summed E-state index contributed by atoms with van der Waals surface area (Å²) in [5, 5.41) is 0. The van der Waals surface area contributed by atoms with E-state index in [1.54, 1.807) is 6.92 Å². The molecule has 0 heterocycles. The van der Waals surface area contributed by atoms with Gasteiger partial charge in [-0.1, -0.05) is 13.0 Å². The molecule has 1 aromatic rings. The van der Waals surface area contributed by atoms with Crippen LogP contribution in [0.3, 0.4) is 0 Å². The van der Waals surface area contributed by atoms with Gasteiger partial charge in [-0.2, -0.15) is 26.3 Å². The van der Waals surface area contributed by atoms with Crippen molar-refractivity contribution in [2.75, 3.05) is 6.61 Å². The van der Waals surface area contributed by atoms with Crippen LogP contribution in [0.25, 0.3) is 0 Å². The van der Waals surface area contributed by atoms with E-state index in [-0.39, 0.29) is 13.0 Å². The average molecular weight is 300 g/mol. The number of rotatable bonds is 3. The Kier molecular flexibility index (Phi) is 4.67. The van der Waals surface area contributed by atoms with E-state index >= 15 is 0 Å². The van der Waals surface area contributed by atoms with Gasteiger partial charge in [-0.15, -0.1) is 0 Å². The molecule has 0 radical (unpaired) electrons. The minimum absolute atomic E-state index is 0.262. The monoisotopic (exact) mass is 300 g/mol. The van der Waals surface area contributed by atoms with E-state index in [0.29, 0.717) is 18.2 Å². The molecule has 0 saturated heterocycles. The average Bonchev–Trinajstić information content (AvgIpc) is 2.32. The molecular formula is C12H10F6O2. The fourth-order valence-electron chi connectivity index (χ4n) is 1.51. The Labute approximate surface area is 110 Å². The molecule has 0 unspecified atom stereocenters. The third-order valence-corrected chi connectivity index (χ3v) is 2.32. The van der Waals surface area contributed by atoms with Crippen LogP contribution in [0.2, 0.25) is 0 Å². The lowest BCUT2D eigenvalue weighted by Gasteiger charge is -2.17. The van der Waals surface area contributed by atoms with Crippen molar-refractivity contribution in [1.29, 1.82) is 0 Å². The molecule has 0 aliphatic rings. The SMILES string of the molecule is CCCOC(=O)c1c(C(F)(F)F)cccc1C(F)(F)F. The first kappa shape index (κ1) is 16.3. The van der Waals surface area contributed by atoms with Gasteiger partial charge >= 0.3 is 18.3 Å². The molecule has 0 aromatic heterocycles. The molecule has 0 bridgehead atoms. The van der Waals surface area contributed by atoms with Gasteiger partial charge in [-0.05, 0) is 18.6 Å². The van der Waals surface area contributed by atoms with Gasteiger partial charge in [0.05, 0.1) is 23.3 Å². The van der Waals surface area contributed by atoms with E-state index in [1.165, 1.54) is 0 Å². The van der Waals surface area contributed by atoms with Gasteiger partial charge < -0.3 is 4.74 Å². The van der Waals surface area contributed by atoms with Crippen molar-refractivity contribution in [3.05, 3.63) is 34.9 Å². The first-order valence-corrected chi connectivity index (χ1v) is 5.53. The largest absolute Gasteiger partial charge is 0.462 e. The number of carbonyl (C=O) groups is 1. The van der Waals surface area contributed by atoms with Gasteiger partial charge in [-0.25, -0.2) is 4.79 Å². The third-order valence-electron chi connectivity index (χ3n) is 2.32. The standard InChI is InChI=1S/C12H10F6O2/c1-2-6-20-10(19)9-7(11(13,14)15)4-3-5-8(9)12(16,17)18/h3-5H,2,6H2,1H3. The van der Waals surface area contributed by atoms with Crippen LogP contribution in [0, 0.1) is 0 Å². The van der Waals surface area contributed by atoms with Gasteiger partial charge in [0.15, 0.2) is 0 Å². The summed E-state index contributed by atoms with van der Waals surface area (Å²) in [6, 6.07) is 1.43. The summed E-state index contributed by atoms with van der Waals surface area (Å²) in [6.45, 7) is 1.30. The number of hydrogen-bond donors (Lipinski definition) is 0. The van der Waals surface area contributed by atoms with E-state index < -0.39 is 35.0 Å². The number of esters is 1. The van der Waals surface area contributed by atoms with Gasteiger partial charge in [0, 0.05) is 0 Å². The third kappa shape index (κ3) is 3.64. The van der Waals surface area contributed by atoms with Crippen molar-refractivity contribution in [3.63, 3.8) is 0 Å². The van der Waals surface area contributed by atoms with Gasteiger partial charge in [-0.3, -0.25) is 0 Å². The van der Waals surface area contributed by atoms with E-state index in [9.17, 15) is 31.1 Å². The molecule has 0 N–H and O–H groups in total. The van der Waals surface area contributed by atoms with E-state index in [4.69, 9.17) is 0 Å². The summed E-state index contributed by atoms with van der Waals surface area (Å²) < 4.78 is 80.8. The van der Waals surface area contributed by atoms with Crippen molar-refractivity contribution in [1.82, 2.24) is 0 Å². The van der Waals surface area contributed by atoms with Crippen LogP contribution in [-0.2, 0) is 17.1 Å². The Hall–Kier alpha value is -1.73. The number of alkyl halides is 6. The number of benzene rings is 1. The van der Waals surface area contributed by atoms with Crippen molar-refractivity contribution in [2.24, 2.45) is 0 Å². The van der Waals surface area contributed by atoms with Crippen LogP contribution < -0.4 is 0 Å². The molecule has 0 fully saturated rings. The summed E-state index contributed by atoms with van der Waals surface area (Å²) in [6.07, 6.45) is -9.88. The minimum atomic E-state index is -5.08. The summed E-state index contributed by atoms with van der Waals surface area (Å²) in [5.74, 6) is -1.63. The van der Waals surface area contributed by atoms with Gasteiger partial charge in [0.1, 0.15) is 0 Å². The van der Waals surface area contributed by atoms with Gasteiger partial charge in [0.2, 0.25) is 0 Å². The molecule has 0 atom stereocenters. The highest BCUT2D eigenvalue weighted by molar-refractivity contribution is 5.93. The molecule has 0 saturated carbocycles. The number of hydrogen-bond acceptors (Lipinski definition) is 2. The normalized spacial score (nSPS) is 12.3. The number of carbonyl (C=O) groups excluding carboxylic acids is 1.